The van der Waals surface area contributed by atoms with Crippen molar-refractivity contribution in [3.8, 4) is 23.7 Å². The molecule has 466 valence electrons. The van der Waals surface area contributed by atoms with Crippen molar-refractivity contribution in [2.24, 2.45) is 0 Å². The van der Waals surface area contributed by atoms with E-state index < -0.39 is 46.9 Å². The SMILES string of the molecule is CC(=O)CCC#Cc1cn(C2CC(O)C(CO[Si](c3ccccc3)(c3ccccc3)C(C)(C)C)O2)c2nc(N)[nH]c(=O)c12.CSCOC1CC(n2cc(C#CCCC(C)=O)c3c(=O)[nH]c(N)nc32)OC1CO[Si](c1ccccc1)(c1ccccc1)C(C)(C)C. The van der Waals surface area contributed by atoms with E-state index in [4.69, 9.17) is 34.5 Å². The Labute approximate surface area is 525 Å². The number of hydrogen-bond acceptors (Lipinski definition) is 15. The number of benzene rings is 4. The number of rotatable bonds is 19. The smallest absolute Gasteiger partial charge is 0.263 e. The fourth-order valence-electron chi connectivity index (χ4n) is 12.1. The van der Waals surface area contributed by atoms with Gasteiger partial charge >= 0.3 is 0 Å². The summed E-state index contributed by atoms with van der Waals surface area (Å²) in [4.78, 5) is 62.7. The van der Waals surface area contributed by atoms with Gasteiger partial charge < -0.3 is 48.8 Å². The van der Waals surface area contributed by atoms with E-state index in [2.05, 4.69) is 158 Å². The number of anilines is 2. The number of nitrogens with two attached hydrogens (primary N) is 2. The molecule has 2 aliphatic heterocycles. The van der Waals surface area contributed by atoms with Gasteiger partial charge in [-0.3, -0.25) is 29.1 Å². The number of nitrogen functional groups attached to an aromatic ring is 2. The van der Waals surface area contributed by atoms with Crippen LogP contribution < -0.4 is 43.3 Å². The number of aromatic nitrogens is 6. The highest BCUT2D eigenvalue weighted by molar-refractivity contribution is 7.98. The van der Waals surface area contributed by atoms with Crippen LogP contribution in [0, 0.1) is 23.7 Å². The first-order valence-corrected chi connectivity index (χ1v) is 35.1. The Kier molecular flexibility index (Phi) is 21.0. The number of hydrogen-bond donors (Lipinski definition) is 5. The Hall–Kier alpha value is -7.68. The van der Waals surface area contributed by atoms with Crippen LogP contribution in [0.2, 0.25) is 10.1 Å². The molecule has 10 rings (SSSR count). The second-order valence-corrected chi connectivity index (χ2v) is 34.0. The summed E-state index contributed by atoms with van der Waals surface area (Å²) < 4.78 is 37.3. The summed E-state index contributed by atoms with van der Waals surface area (Å²) >= 11 is 1.60. The highest BCUT2D eigenvalue weighted by atomic mass is 32.2. The number of ketones is 2. The first-order chi connectivity index (χ1) is 42.6. The predicted octanol–water partition coefficient (Wildman–Crippen LogP) is 7.85. The van der Waals surface area contributed by atoms with Crippen molar-refractivity contribution in [2.75, 3.05) is 36.9 Å². The van der Waals surface area contributed by atoms with Gasteiger partial charge in [0.15, 0.2) is 11.3 Å². The molecule has 0 amide bonds. The van der Waals surface area contributed by atoms with Crippen molar-refractivity contribution >= 4 is 94.7 Å². The van der Waals surface area contributed by atoms with E-state index in [1.807, 2.05) is 59.4 Å². The third-order valence-corrected chi connectivity index (χ3v) is 26.6. The molecule has 0 saturated carbocycles. The van der Waals surface area contributed by atoms with E-state index in [1.165, 1.54) is 24.2 Å². The average molecular weight is 1260 g/mol. The van der Waals surface area contributed by atoms with Gasteiger partial charge in [0, 0.05) is 50.9 Å². The Balaban J connectivity index is 0.000000212. The minimum absolute atomic E-state index is 0.00712. The van der Waals surface area contributed by atoms with Crippen molar-refractivity contribution in [3.05, 3.63) is 166 Å². The number of ether oxygens (including phenoxy) is 3. The van der Waals surface area contributed by atoms with Crippen LogP contribution in [0.4, 0.5) is 11.9 Å². The molecule has 4 aromatic carbocycles. The highest BCUT2D eigenvalue weighted by Crippen LogP contribution is 2.41. The number of H-pyrrole nitrogens is 2. The lowest BCUT2D eigenvalue weighted by atomic mass is 10.2. The molecule has 4 aromatic heterocycles. The summed E-state index contributed by atoms with van der Waals surface area (Å²) in [5.41, 5.74) is 12.8. The molecule has 6 unspecified atom stereocenters. The minimum Gasteiger partial charge on any atom is -0.405 e. The Morgan fingerprint density at radius 3 is 1.37 bits per heavy atom. The van der Waals surface area contributed by atoms with Crippen molar-refractivity contribution in [1.29, 1.82) is 0 Å². The molecular weight excluding hydrogens is 1180 g/mol. The zero-order chi connectivity index (χ0) is 63.7. The molecule has 0 bridgehead atoms. The van der Waals surface area contributed by atoms with Crippen molar-refractivity contribution in [2.45, 2.75) is 141 Å². The maximum absolute atomic E-state index is 13.0. The normalized spacial score (nSPS) is 18.6. The van der Waals surface area contributed by atoms with E-state index in [0.29, 0.717) is 72.5 Å². The van der Waals surface area contributed by atoms with Crippen LogP contribution in [0.3, 0.4) is 0 Å². The second-order valence-electron chi connectivity index (χ2n) is 24.6. The lowest BCUT2D eigenvalue weighted by molar-refractivity contribution is -0.117. The number of aliphatic hydroxyl groups excluding tert-OH is 1. The zero-order valence-corrected chi connectivity index (χ0v) is 54.8. The topological polar surface area (TPSA) is 254 Å². The number of aromatic amines is 2. The standard InChI is InChI=1S/C35H42N4O5SSi.C33H38N4O5Si/c1-24(40)14-12-13-15-25-21-39(32-31(25)33(41)38-34(36)37-32)30-20-28(42-23-45-5)29(44-30)22-43-46(35(2,3)4,26-16-8-6-9-17-26)27-18-10-7-11-19-27;1-22(38)13-11-12-14-23-20-37(30-29(23)31(40)36-32(34)35-30)28-19-26(39)27(42-28)21-41-43(33(2,3)4,24-15-7-5-8-16-24)25-17-9-6-10-18-25/h6-11,16-19,21,28-30H,12,14,20,22-23H2,1-5H3,(H3,36,37,38,41);5-10,15-18,20,26-28,39H,11,13,19,21H2,1-4H3,(H3,34,35,36,40). The minimum atomic E-state index is -2.84. The van der Waals surface area contributed by atoms with Gasteiger partial charge in [0.25, 0.3) is 27.8 Å². The summed E-state index contributed by atoms with van der Waals surface area (Å²) in [6.07, 6.45) is 4.53. The summed E-state index contributed by atoms with van der Waals surface area (Å²) in [5, 5.41) is 16.1. The van der Waals surface area contributed by atoms with Crippen LogP contribution in [0.1, 0.15) is 117 Å². The number of Topliss-reactive ketones (excluding diaryl/α,β-unsaturated/α-hetero) is 2. The first kappa shape index (κ1) is 65.8. The monoisotopic (exact) mass is 1260 g/mol. The van der Waals surface area contributed by atoms with E-state index in [0.717, 1.165) is 10.4 Å². The van der Waals surface area contributed by atoms with Gasteiger partial charge in [-0.25, -0.2) is 0 Å². The second kappa shape index (κ2) is 28.4. The van der Waals surface area contributed by atoms with Gasteiger partial charge in [-0.2, -0.15) is 9.97 Å². The fraction of sp³-hybridized carbons (Fsp3) is 0.382. The highest BCUT2D eigenvalue weighted by Gasteiger charge is 2.53. The summed E-state index contributed by atoms with van der Waals surface area (Å²) in [5.74, 6) is 12.6. The molecule has 6 heterocycles. The van der Waals surface area contributed by atoms with Crippen LogP contribution in [0.5, 0.6) is 0 Å². The van der Waals surface area contributed by atoms with Crippen molar-refractivity contribution in [3.63, 3.8) is 0 Å². The largest absolute Gasteiger partial charge is 0.405 e. The molecule has 0 radical (unpaired) electrons. The van der Waals surface area contributed by atoms with Crippen LogP contribution in [-0.2, 0) is 32.7 Å². The maximum Gasteiger partial charge on any atom is 0.263 e. The van der Waals surface area contributed by atoms with E-state index in [9.17, 15) is 24.3 Å². The lowest BCUT2D eigenvalue weighted by Gasteiger charge is -2.43. The van der Waals surface area contributed by atoms with Gasteiger partial charge in [-0.15, -0.1) is 11.8 Å². The molecular formula is C68H80N8O10SSi2. The summed E-state index contributed by atoms with van der Waals surface area (Å²) in [6, 6.07) is 41.6. The first-order valence-electron chi connectivity index (χ1n) is 29.9. The van der Waals surface area contributed by atoms with Gasteiger partial charge in [0.2, 0.25) is 11.9 Å². The van der Waals surface area contributed by atoms with Crippen LogP contribution in [-0.4, -0.2) is 112 Å². The van der Waals surface area contributed by atoms with Crippen molar-refractivity contribution < 1.29 is 37.8 Å². The lowest BCUT2D eigenvalue weighted by Crippen LogP contribution is -2.67. The quantitative estimate of drug-likeness (QED) is 0.0294. The molecule has 0 aliphatic carbocycles. The molecule has 89 heavy (non-hydrogen) atoms. The number of nitrogens with zero attached hydrogens (tertiary/aromatic N) is 4. The Morgan fingerprint density at radius 2 is 1.00 bits per heavy atom. The maximum atomic E-state index is 13.0. The van der Waals surface area contributed by atoms with Crippen molar-refractivity contribution in [1.82, 2.24) is 29.1 Å². The fourth-order valence-corrected chi connectivity index (χ4v) is 21.5. The van der Waals surface area contributed by atoms with E-state index >= 15 is 0 Å². The number of carbonyl (C=O) groups is 2. The molecule has 2 fully saturated rings. The Bertz CT molecular complexity index is 3930. The molecule has 6 atom stereocenters. The summed E-state index contributed by atoms with van der Waals surface area (Å²) in [6.45, 7) is 16.9. The molecule has 7 N–H and O–H groups in total. The molecule has 2 saturated heterocycles. The van der Waals surface area contributed by atoms with Gasteiger partial charge in [-0.1, -0.05) is 187 Å². The number of nitrogens with one attached hydrogen (secondary N) is 2. The Morgan fingerprint density at radius 1 is 0.629 bits per heavy atom. The van der Waals surface area contributed by atoms with E-state index in [1.54, 1.807) is 28.7 Å². The predicted molar refractivity (Wildman–Crippen MR) is 357 cm³/mol. The molecule has 8 aromatic rings. The van der Waals surface area contributed by atoms with Gasteiger partial charge in [0.1, 0.15) is 36.2 Å². The molecule has 0 spiro atoms. The van der Waals surface area contributed by atoms with E-state index in [-0.39, 0.29) is 69.7 Å². The van der Waals surface area contributed by atoms with Gasteiger partial charge in [-0.05, 0) is 50.9 Å². The number of aliphatic hydroxyl groups is 1. The molecule has 18 nitrogen and oxygen atoms in total. The zero-order valence-electron chi connectivity index (χ0n) is 52.0. The van der Waals surface area contributed by atoms with Crippen LogP contribution in [0.15, 0.2) is 143 Å². The summed E-state index contributed by atoms with van der Waals surface area (Å²) in [7, 11) is -5.67. The number of thioether (sulfide) groups is 1. The number of fused-ring (bicyclic) bond motifs is 2. The van der Waals surface area contributed by atoms with Crippen LogP contribution in [0.25, 0.3) is 22.1 Å². The number of carbonyl (C=O) groups excluding carboxylic acids is 2. The van der Waals surface area contributed by atoms with Gasteiger partial charge in [0.05, 0.1) is 53.3 Å². The van der Waals surface area contributed by atoms with Crippen LogP contribution >= 0.6 is 11.8 Å². The third-order valence-electron chi connectivity index (χ3n) is 16.2. The third kappa shape index (κ3) is 14.5. The molecule has 21 heteroatoms. The molecule has 2 aliphatic rings. The average Bonchev–Trinajstić information content (AvgIpc) is 1.15.